The molecule has 4 nitrogen and oxygen atoms in total. The SMILES string of the molecule is COc1cc(OC)c(CN)cn1. The van der Waals surface area contributed by atoms with Crippen molar-refractivity contribution in [3.63, 3.8) is 0 Å². The Morgan fingerprint density at radius 1 is 1.42 bits per heavy atom. The van der Waals surface area contributed by atoms with Crippen molar-refractivity contribution in [3.8, 4) is 11.6 Å². The van der Waals surface area contributed by atoms with Gasteiger partial charge in [-0.25, -0.2) is 4.98 Å². The lowest BCUT2D eigenvalue weighted by Crippen LogP contribution is -2.01. The Bertz CT molecular complexity index is 263. The monoisotopic (exact) mass is 168 g/mol. The molecule has 0 saturated heterocycles. The maximum absolute atomic E-state index is 5.46. The highest BCUT2D eigenvalue weighted by atomic mass is 16.5. The largest absolute Gasteiger partial charge is 0.496 e. The molecule has 0 atom stereocenters. The minimum Gasteiger partial charge on any atom is -0.496 e. The molecule has 0 amide bonds. The smallest absolute Gasteiger partial charge is 0.216 e. The fraction of sp³-hybridized carbons (Fsp3) is 0.375. The lowest BCUT2D eigenvalue weighted by atomic mass is 10.2. The maximum Gasteiger partial charge on any atom is 0.216 e. The highest BCUT2D eigenvalue weighted by molar-refractivity contribution is 5.35. The number of rotatable bonds is 3. The van der Waals surface area contributed by atoms with Gasteiger partial charge >= 0.3 is 0 Å². The fourth-order valence-corrected chi connectivity index (χ4v) is 0.902. The van der Waals surface area contributed by atoms with Gasteiger partial charge in [0.1, 0.15) is 5.75 Å². The van der Waals surface area contributed by atoms with E-state index in [9.17, 15) is 0 Å². The van der Waals surface area contributed by atoms with Crippen molar-refractivity contribution in [2.24, 2.45) is 5.73 Å². The van der Waals surface area contributed by atoms with Crippen molar-refractivity contribution in [2.45, 2.75) is 6.54 Å². The summed E-state index contributed by atoms with van der Waals surface area (Å²) in [7, 11) is 3.15. The van der Waals surface area contributed by atoms with E-state index in [2.05, 4.69) is 4.98 Å². The maximum atomic E-state index is 5.46. The van der Waals surface area contributed by atoms with Gasteiger partial charge in [0.15, 0.2) is 0 Å². The molecule has 1 aromatic heterocycles. The van der Waals surface area contributed by atoms with Crippen LogP contribution in [0.4, 0.5) is 0 Å². The molecular weight excluding hydrogens is 156 g/mol. The number of nitrogens with two attached hydrogens (primary N) is 1. The molecule has 0 unspecified atom stereocenters. The van der Waals surface area contributed by atoms with Gasteiger partial charge in [-0.3, -0.25) is 0 Å². The normalized spacial score (nSPS) is 9.58. The Morgan fingerprint density at radius 3 is 2.67 bits per heavy atom. The quantitative estimate of drug-likeness (QED) is 0.716. The third-order valence-corrected chi connectivity index (χ3v) is 1.57. The lowest BCUT2D eigenvalue weighted by molar-refractivity contribution is 0.379. The van der Waals surface area contributed by atoms with Crippen LogP contribution in [-0.4, -0.2) is 19.2 Å². The van der Waals surface area contributed by atoms with E-state index < -0.39 is 0 Å². The molecule has 0 fully saturated rings. The van der Waals surface area contributed by atoms with Crippen LogP contribution in [0, 0.1) is 0 Å². The molecule has 0 saturated carbocycles. The summed E-state index contributed by atoms with van der Waals surface area (Å²) in [6.45, 7) is 0.417. The Morgan fingerprint density at radius 2 is 2.17 bits per heavy atom. The van der Waals surface area contributed by atoms with E-state index in [1.807, 2.05) is 0 Å². The molecule has 1 rings (SSSR count). The van der Waals surface area contributed by atoms with Gasteiger partial charge in [-0.1, -0.05) is 0 Å². The van der Waals surface area contributed by atoms with Crippen LogP contribution in [0.3, 0.4) is 0 Å². The van der Waals surface area contributed by atoms with E-state index in [1.54, 1.807) is 26.5 Å². The van der Waals surface area contributed by atoms with Crippen LogP contribution in [0.25, 0.3) is 0 Å². The second kappa shape index (κ2) is 3.92. The number of aromatic nitrogens is 1. The summed E-state index contributed by atoms with van der Waals surface area (Å²) >= 11 is 0. The average Bonchev–Trinajstić information content (AvgIpc) is 2.16. The van der Waals surface area contributed by atoms with Crippen LogP contribution >= 0.6 is 0 Å². The summed E-state index contributed by atoms with van der Waals surface area (Å²) in [5.41, 5.74) is 6.33. The highest BCUT2D eigenvalue weighted by Gasteiger charge is 2.03. The van der Waals surface area contributed by atoms with Crippen LogP contribution in [0.15, 0.2) is 12.3 Å². The van der Waals surface area contributed by atoms with E-state index >= 15 is 0 Å². The first-order valence-electron chi connectivity index (χ1n) is 3.58. The Balaban J connectivity index is 3.02. The van der Waals surface area contributed by atoms with Crippen LogP contribution < -0.4 is 15.2 Å². The Hall–Kier alpha value is -1.29. The van der Waals surface area contributed by atoms with E-state index in [-0.39, 0.29) is 0 Å². The van der Waals surface area contributed by atoms with Crippen LogP contribution in [-0.2, 0) is 6.54 Å². The number of hydrogen-bond acceptors (Lipinski definition) is 4. The van der Waals surface area contributed by atoms with Crippen LogP contribution in [0.2, 0.25) is 0 Å². The zero-order chi connectivity index (χ0) is 8.97. The van der Waals surface area contributed by atoms with Gasteiger partial charge in [0.2, 0.25) is 5.88 Å². The topological polar surface area (TPSA) is 57.4 Å². The number of pyridine rings is 1. The fourth-order valence-electron chi connectivity index (χ4n) is 0.902. The molecule has 1 heterocycles. The molecule has 4 heteroatoms. The van der Waals surface area contributed by atoms with Crippen molar-refractivity contribution >= 4 is 0 Å². The van der Waals surface area contributed by atoms with Crippen LogP contribution in [0.1, 0.15) is 5.56 Å². The Kier molecular flexibility index (Phi) is 2.88. The summed E-state index contributed by atoms with van der Waals surface area (Å²) in [4.78, 5) is 3.99. The van der Waals surface area contributed by atoms with Gasteiger partial charge in [0.25, 0.3) is 0 Å². The molecule has 1 aromatic rings. The van der Waals surface area contributed by atoms with Crippen molar-refractivity contribution in [3.05, 3.63) is 17.8 Å². The van der Waals surface area contributed by atoms with Gasteiger partial charge in [-0.2, -0.15) is 0 Å². The van der Waals surface area contributed by atoms with Gasteiger partial charge in [-0.05, 0) is 0 Å². The number of methoxy groups -OCH3 is 2. The van der Waals surface area contributed by atoms with Crippen molar-refractivity contribution in [1.82, 2.24) is 4.98 Å². The molecular formula is C8H12N2O2. The average molecular weight is 168 g/mol. The first-order valence-corrected chi connectivity index (χ1v) is 3.58. The first kappa shape index (κ1) is 8.80. The minimum atomic E-state index is 0.417. The summed E-state index contributed by atoms with van der Waals surface area (Å²) in [6, 6.07) is 1.71. The molecule has 2 N–H and O–H groups in total. The van der Waals surface area contributed by atoms with E-state index in [0.717, 1.165) is 5.56 Å². The second-order valence-corrected chi connectivity index (χ2v) is 2.24. The van der Waals surface area contributed by atoms with E-state index in [1.165, 1.54) is 0 Å². The van der Waals surface area contributed by atoms with E-state index in [0.29, 0.717) is 18.2 Å². The first-order chi connectivity index (χ1) is 5.81. The zero-order valence-electron chi connectivity index (χ0n) is 7.20. The summed E-state index contributed by atoms with van der Waals surface area (Å²) in [5.74, 6) is 1.24. The highest BCUT2D eigenvalue weighted by Crippen LogP contribution is 2.20. The van der Waals surface area contributed by atoms with Crippen molar-refractivity contribution in [2.75, 3.05) is 14.2 Å². The number of hydrogen-bond donors (Lipinski definition) is 1. The molecule has 0 radical (unpaired) electrons. The molecule has 0 bridgehead atoms. The standard InChI is InChI=1S/C8H12N2O2/c1-11-7-3-8(12-2)10-5-6(7)4-9/h3,5H,4,9H2,1-2H3. The molecule has 0 aromatic carbocycles. The lowest BCUT2D eigenvalue weighted by Gasteiger charge is -2.06. The van der Waals surface area contributed by atoms with E-state index in [4.69, 9.17) is 15.2 Å². The molecule has 0 aliphatic rings. The molecule has 0 aliphatic heterocycles. The van der Waals surface area contributed by atoms with Crippen molar-refractivity contribution < 1.29 is 9.47 Å². The number of ether oxygens (including phenoxy) is 2. The third-order valence-electron chi connectivity index (χ3n) is 1.57. The summed E-state index contributed by atoms with van der Waals surface area (Å²) in [6.07, 6.45) is 1.65. The summed E-state index contributed by atoms with van der Waals surface area (Å²) < 4.78 is 10.0. The van der Waals surface area contributed by atoms with Crippen molar-refractivity contribution in [1.29, 1.82) is 0 Å². The Labute approximate surface area is 71.3 Å². The zero-order valence-corrected chi connectivity index (χ0v) is 7.20. The van der Waals surface area contributed by atoms with Gasteiger partial charge in [0, 0.05) is 24.4 Å². The molecule has 0 spiro atoms. The minimum absolute atomic E-state index is 0.417. The predicted octanol–water partition coefficient (Wildman–Crippen LogP) is 0.557. The molecule has 12 heavy (non-hydrogen) atoms. The predicted molar refractivity (Wildman–Crippen MR) is 45.2 cm³/mol. The molecule has 0 aliphatic carbocycles. The van der Waals surface area contributed by atoms with Crippen LogP contribution in [0.5, 0.6) is 11.6 Å². The van der Waals surface area contributed by atoms with Gasteiger partial charge < -0.3 is 15.2 Å². The van der Waals surface area contributed by atoms with Gasteiger partial charge in [0.05, 0.1) is 14.2 Å². The van der Waals surface area contributed by atoms with Gasteiger partial charge in [-0.15, -0.1) is 0 Å². The second-order valence-electron chi connectivity index (χ2n) is 2.24. The number of nitrogens with zero attached hydrogens (tertiary/aromatic N) is 1. The summed E-state index contributed by atoms with van der Waals surface area (Å²) in [5, 5.41) is 0. The molecule has 66 valence electrons. The third kappa shape index (κ3) is 1.65.